The van der Waals surface area contributed by atoms with Gasteiger partial charge in [0, 0.05) is 12.6 Å². The first-order valence-corrected chi connectivity index (χ1v) is 5.24. The third-order valence-corrected chi connectivity index (χ3v) is 2.72. The van der Waals surface area contributed by atoms with Gasteiger partial charge in [-0.2, -0.15) is 0 Å². The van der Waals surface area contributed by atoms with E-state index in [-0.39, 0.29) is 0 Å². The Kier molecular flexibility index (Phi) is 3.17. The lowest BCUT2D eigenvalue weighted by atomic mass is 9.95. The zero-order chi connectivity index (χ0) is 9.80. The smallest absolute Gasteiger partial charge is 0.0591 e. The highest BCUT2D eigenvalue weighted by Gasteiger charge is 2.20. The zero-order valence-corrected chi connectivity index (χ0v) is 8.57. The van der Waals surface area contributed by atoms with Gasteiger partial charge < -0.3 is 10.1 Å². The molecule has 2 heteroatoms. The Hall–Kier alpha value is -0.860. The summed E-state index contributed by atoms with van der Waals surface area (Å²) in [5.74, 6) is 0.542. The van der Waals surface area contributed by atoms with Crippen LogP contribution in [0.4, 0.5) is 0 Å². The van der Waals surface area contributed by atoms with Crippen LogP contribution >= 0.6 is 0 Å². The van der Waals surface area contributed by atoms with Crippen LogP contribution in [-0.4, -0.2) is 19.8 Å². The molecule has 2 unspecified atom stereocenters. The first-order valence-electron chi connectivity index (χ1n) is 5.24. The molecular formula is C12H17NO. The minimum atomic E-state index is 0.443. The third kappa shape index (κ3) is 2.14. The summed E-state index contributed by atoms with van der Waals surface area (Å²) >= 11 is 0. The van der Waals surface area contributed by atoms with Crippen molar-refractivity contribution in [1.82, 2.24) is 5.32 Å². The normalized spacial score (nSPS) is 28.4. The number of hydrogen-bond donors (Lipinski definition) is 1. The Morgan fingerprint density at radius 1 is 1.29 bits per heavy atom. The summed E-state index contributed by atoms with van der Waals surface area (Å²) < 4.78 is 5.50. The molecule has 1 saturated heterocycles. The van der Waals surface area contributed by atoms with Crippen molar-refractivity contribution in [3.8, 4) is 0 Å². The van der Waals surface area contributed by atoms with Gasteiger partial charge in [-0.25, -0.2) is 0 Å². The molecule has 2 rings (SSSR count). The van der Waals surface area contributed by atoms with Crippen molar-refractivity contribution < 1.29 is 4.74 Å². The van der Waals surface area contributed by atoms with Crippen LogP contribution in [-0.2, 0) is 4.74 Å². The lowest BCUT2D eigenvalue weighted by Gasteiger charge is -2.21. The standard InChI is InChI=1S/C12H17NO/c1-10-9-14-8-7-13-12(10)11-5-3-2-4-6-11/h2-6,10,12-13H,7-9H2,1H3. The van der Waals surface area contributed by atoms with E-state index in [2.05, 4.69) is 42.6 Å². The van der Waals surface area contributed by atoms with Crippen LogP contribution in [0.3, 0.4) is 0 Å². The predicted octanol–water partition coefficient (Wildman–Crippen LogP) is 1.98. The topological polar surface area (TPSA) is 21.3 Å². The SMILES string of the molecule is CC1COCCNC1c1ccccc1. The fourth-order valence-electron chi connectivity index (χ4n) is 1.96. The van der Waals surface area contributed by atoms with Crippen LogP contribution in [0.2, 0.25) is 0 Å². The highest BCUT2D eigenvalue weighted by molar-refractivity contribution is 5.19. The zero-order valence-electron chi connectivity index (χ0n) is 8.57. The summed E-state index contributed by atoms with van der Waals surface area (Å²) in [7, 11) is 0. The van der Waals surface area contributed by atoms with E-state index < -0.39 is 0 Å². The molecule has 1 N–H and O–H groups in total. The van der Waals surface area contributed by atoms with Crippen molar-refractivity contribution in [1.29, 1.82) is 0 Å². The fraction of sp³-hybridized carbons (Fsp3) is 0.500. The molecule has 0 aromatic heterocycles. The molecule has 1 aromatic rings. The number of rotatable bonds is 1. The van der Waals surface area contributed by atoms with Gasteiger partial charge in [-0.3, -0.25) is 0 Å². The van der Waals surface area contributed by atoms with E-state index in [1.807, 2.05) is 0 Å². The van der Waals surface area contributed by atoms with Crippen LogP contribution in [0.5, 0.6) is 0 Å². The van der Waals surface area contributed by atoms with E-state index in [1.165, 1.54) is 5.56 Å². The molecule has 14 heavy (non-hydrogen) atoms. The minimum absolute atomic E-state index is 0.443. The maximum Gasteiger partial charge on any atom is 0.0591 e. The Labute approximate surface area is 85.3 Å². The van der Waals surface area contributed by atoms with Crippen LogP contribution < -0.4 is 5.32 Å². The second-order valence-corrected chi connectivity index (χ2v) is 3.89. The summed E-state index contributed by atoms with van der Waals surface area (Å²) in [5, 5.41) is 3.52. The van der Waals surface area contributed by atoms with Crippen molar-refractivity contribution in [2.24, 2.45) is 5.92 Å². The van der Waals surface area contributed by atoms with Gasteiger partial charge in [0.1, 0.15) is 0 Å². The molecule has 1 aliphatic rings. The Morgan fingerprint density at radius 2 is 2.07 bits per heavy atom. The first kappa shape index (κ1) is 9.69. The van der Waals surface area contributed by atoms with Gasteiger partial charge in [-0.05, 0) is 11.5 Å². The summed E-state index contributed by atoms with van der Waals surface area (Å²) in [5.41, 5.74) is 1.37. The number of benzene rings is 1. The van der Waals surface area contributed by atoms with Crippen molar-refractivity contribution in [3.63, 3.8) is 0 Å². The molecule has 1 aromatic carbocycles. The van der Waals surface area contributed by atoms with Gasteiger partial charge in [-0.15, -0.1) is 0 Å². The van der Waals surface area contributed by atoms with Gasteiger partial charge >= 0.3 is 0 Å². The molecule has 76 valence electrons. The molecule has 0 bridgehead atoms. The van der Waals surface area contributed by atoms with Crippen molar-refractivity contribution in [2.45, 2.75) is 13.0 Å². The molecule has 1 heterocycles. The average molecular weight is 191 g/mol. The number of nitrogens with one attached hydrogen (secondary N) is 1. The Morgan fingerprint density at radius 3 is 2.86 bits per heavy atom. The molecule has 1 aliphatic heterocycles. The summed E-state index contributed by atoms with van der Waals surface area (Å²) in [6.45, 7) is 4.86. The summed E-state index contributed by atoms with van der Waals surface area (Å²) in [6, 6.07) is 11.0. The average Bonchev–Trinajstić information content (AvgIpc) is 2.44. The van der Waals surface area contributed by atoms with E-state index in [0.717, 1.165) is 19.8 Å². The first-order chi connectivity index (χ1) is 6.88. The Balaban J connectivity index is 2.15. The van der Waals surface area contributed by atoms with Gasteiger partial charge in [-0.1, -0.05) is 37.3 Å². The molecule has 0 saturated carbocycles. The maximum absolute atomic E-state index is 5.50. The van der Waals surface area contributed by atoms with E-state index >= 15 is 0 Å². The van der Waals surface area contributed by atoms with Gasteiger partial charge in [0.15, 0.2) is 0 Å². The predicted molar refractivity (Wildman–Crippen MR) is 57.2 cm³/mol. The minimum Gasteiger partial charge on any atom is -0.380 e. The summed E-state index contributed by atoms with van der Waals surface area (Å²) in [4.78, 5) is 0. The van der Waals surface area contributed by atoms with Gasteiger partial charge in [0.2, 0.25) is 0 Å². The lowest BCUT2D eigenvalue weighted by Crippen LogP contribution is -2.26. The van der Waals surface area contributed by atoms with E-state index in [0.29, 0.717) is 12.0 Å². The quantitative estimate of drug-likeness (QED) is 0.733. The van der Waals surface area contributed by atoms with Gasteiger partial charge in [0.25, 0.3) is 0 Å². The molecular weight excluding hydrogens is 174 g/mol. The third-order valence-electron chi connectivity index (χ3n) is 2.72. The molecule has 0 amide bonds. The second-order valence-electron chi connectivity index (χ2n) is 3.89. The molecule has 2 nitrogen and oxygen atoms in total. The van der Waals surface area contributed by atoms with Crippen LogP contribution in [0.1, 0.15) is 18.5 Å². The monoisotopic (exact) mass is 191 g/mol. The molecule has 0 aliphatic carbocycles. The molecule has 1 fully saturated rings. The van der Waals surface area contributed by atoms with E-state index in [4.69, 9.17) is 4.74 Å². The van der Waals surface area contributed by atoms with Crippen LogP contribution in [0, 0.1) is 5.92 Å². The number of ether oxygens (including phenoxy) is 1. The van der Waals surface area contributed by atoms with Crippen molar-refractivity contribution >= 4 is 0 Å². The highest BCUT2D eigenvalue weighted by Crippen LogP contribution is 2.23. The second kappa shape index (κ2) is 4.58. The lowest BCUT2D eigenvalue weighted by molar-refractivity contribution is 0.122. The largest absolute Gasteiger partial charge is 0.380 e. The van der Waals surface area contributed by atoms with Crippen LogP contribution in [0.15, 0.2) is 30.3 Å². The van der Waals surface area contributed by atoms with Crippen molar-refractivity contribution in [2.75, 3.05) is 19.8 Å². The van der Waals surface area contributed by atoms with Crippen molar-refractivity contribution in [3.05, 3.63) is 35.9 Å². The highest BCUT2D eigenvalue weighted by atomic mass is 16.5. The number of hydrogen-bond acceptors (Lipinski definition) is 2. The van der Waals surface area contributed by atoms with E-state index in [9.17, 15) is 0 Å². The Bertz CT molecular complexity index is 273. The van der Waals surface area contributed by atoms with Crippen LogP contribution in [0.25, 0.3) is 0 Å². The molecule has 0 spiro atoms. The summed E-state index contributed by atoms with van der Waals surface area (Å²) in [6.07, 6.45) is 0. The molecule has 0 radical (unpaired) electrons. The molecule has 2 atom stereocenters. The fourth-order valence-corrected chi connectivity index (χ4v) is 1.96. The van der Waals surface area contributed by atoms with E-state index in [1.54, 1.807) is 0 Å². The maximum atomic E-state index is 5.50. The van der Waals surface area contributed by atoms with Gasteiger partial charge in [0.05, 0.1) is 13.2 Å².